The molecule has 0 aromatic rings. The monoisotopic (exact) mass is 80.1 g/mol. The predicted molar refractivity (Wildman–Crippen MR) is 24.8 cm³/mol. The van der Waals surface area contributed by atoms with Crippen molar-refractivity contribution < 1.29 is 0 Å². The smallest absolute Gasteiger partial charge is 0.0318 e. The van der Waals surface area contributed by atoms with Gasteiger partial charge in [-0.25, -0.2) is 0 Å². The van der Waals surface area contributed by atoms with E-state index in [4.69, 9.17) is 0 Å². The first-order valence-corrected chi connectivity index (χ1v) is 2.63. The molecule has 2 rings (SSSR count). The van der Waals surface area contributed by atoms with E-state index in [2.05, 4.69) is 12.8 Å². The van der Waals surface area contributed by atoms with E-state index in [1.807, 2.05) is 0 Å². The maximum absolute atomic E-state index is 2.44. The zero-order chi connectivity index (χ0) is 3.98. The molecule has 0 saturated heterocycles. The lowest BCUT2D eigenvalue weighted by molar-refractivity contribution is 0.834. The van der Waals surface area contributed by atoms with Crippen molar-refractivity contribution in [1.82, 2.24) is 0 Å². The lowest BCUT2D eigenvalue weighted by atomic mass is 10.3. The van der Waals surface area contributed by atoms with Crippen LogP contribution in [0.2, 0.25) is 0 Å². The predicted octanol–water partition coefficient (Wildman–Crippen LogP) is 1.43. The lowest BCUT2D eigenvalue weighted by Crippen LogP contribution is -1.66. The summed E-state index contributed by atoms with van der Waals surface area (Å²) < 4.78 is 0. The average molecular weight is 80.1 g/mol. The van der Waals surface area contributed by atoms with E-state index >= 15 is 0 Å². The van der Waals surface area contributed by atoms with E-state index in [9.17, 15) is 0 Å². The summed E-state index contributed by atoms with van der Waals surface area (Å²) in [6.45, 7) is 0. The van der Waals surface area contributed by atoms with Gasteiger partial charge in [0.25, 0.3) is 0 Å². The fourth-order valence-corrected chi connectivity index (χ4v) is 1.24. The van der Waals surface area contributed by atoms with Gasteiger partial charge in [-0.1, -0.05) is 0 Å². The Hall–Kier alpha value is 0. The summed E-state index contributed by atoms with van der Waals surface area (Å²) >= 11 is 0. The Balaban J connectivity index is 2.09. The van der Waals surface area contributed by atoms with Gasteiger partial charge < -0.3 is 0 Å². The number of fused-ring (bicyclic) bond motifs is 1. The maximum atomic E-state index is 2.44. The van der Waals surface area contributed by atoms with Crippen LogP contribution in [-0.4, -0.2) is 0 Å². The Bertz CT molecular complexity index is 58.4. The molecule has 0 spiro atoms. The summed E-state index contributed by atoms with van der Waals surface area (Å²) in [4.78, 5) is 0. The SMILES string of the molecule is [CH]1CC2[CH]C2C1. The highest BCUT2D eigenvalue weighted by Crippen LogP contribution is 2.49. The van der Waals surface area contributed by atoms with Crippen molar-refractivity contribution in [1.29, 1.82) is 0 Å². The Morgan fingerprint density at radius 2 is 1.83 bits per heavy atom. The average Bonchev–Trinajstić information content (AvgIpc) is 2.17. The molecule has 0 heterocycles. The maximum Gasteiger partial charge on any atom is -0.0318 e. The Morgan fingerprint density at radius 1 is 1.17 bits per heavy atom. The summed E-state index contributed by atoms with van der Waals surface area (Å²) in [5.74, 6) is 2.06. The van der Waals surface area contributed by atoms with Gasteiger partial charge in [-0.3, -0.25) is 0 Å². The van der Waals surface area contributed by atoms with Gasteiger partial charge in [0.15, 0.2) is 0 Å². The third-order valence-corrected chi connectivity index (χ3v) is 1.78. The first kappa shape index (κ1) is 3.06. The highest BCUT2D eigenvalue weighted by molar-refractivity contribution is 5.13. The highest BCUT2D eigenvalue weighted by Gasteiger charge is 2.40. The minimum absolute atomic E-state index is 1.03. The van der Waals surface area contributed by atoms with Gasteiger partial charge >= 0.3 is 0 Å². The van der Waals surface area contributed by atoms with Gasteiger partial charge in [-0.05, 0) is 37.5 Å². The fraction of sp³-hybridized carbons (Fsp3) is 0.667. The van der Waals surface area contributed by atoms with Crippen LogP contribution in [0.3, 0.4) is 0 Å². The molecule has 0 aliphatic heterocycles. The quantitative estimate of drug-likeness (QED) is 0.413. The first-order valence-electron chi connectivity index (χ1n) is 2.63. The zero-order valence-corrected chi connectivity index (χ0v) is 3.72. The van der Waals surface area contributed by atoms with Gasteiger partial charge in [-0.2, -0.15) is 0 Å². The van der Waals surface area contributed by atoms with Crippen molar-refractivity contribution in [3.05, 3.63) is 12.8 Å². The van der Waals surface area contributed by atoms with Crippen LogP contribution >= 0.6 is 0 Å². The molecule has 2 aliphatic rings. The standard InChI is InChI=1S/C6H8/c1-2-5-4-6(5)3-1/h1,4-6H,2-3H2. The molecule has 2 aliphatic carbocycles. The second-order valence-corrected chi connectivity index (χ2v) is 2.28. The van der Waals surface area contributed by atoms with E-state index in [0.717, 1.165) is 11.8 Å². The second kappa shape index (κ2) is 0.800. The van der Waals surface area contributed by atoms with Crippen molar-refractivity contribution in [2.24, 2.45) is 11.8 Å². The normalized spacial score (nSPS) is 52.0. The van der Waals surface area contributed by atoms with Crippen LogP contribution in [0.5, 0.6) is 0 Å². The van der Waals surface area contributed by atoms with E-state index in [-0.39, 0.29) is 0 Å². The van der Waals surface area contributed by atoms with E-state index < -0.39 is 0 Å². The van der Waals surface area contributed by atoms with Gasteiger partial charge in [0.2, 0.25) is 0 Å². The highest BCUT2D eigenvalue weighted by atomic mass is 14.5. The molecule has 2 atom stereocenters. The van der Waals surface area contributed by atoms with Gasteiger partial charge in [0, 0.05) is 0 Å². The van der Waals surface area contributed by atoms with Gasteiger partial charge in [-0.15, -0.1) is 0 Å². The third kappa shape index (κ3) is 0.250. The second-order valence-electron chi connectivity index (χ2n) is 2.28. The molecule has 0 nitrogen and oxygen atoms in total. The fourth-order valence-electron chi connectivity index (χ4n) is 1.24. The van der Waals surface area contributed by atoms with Crippen LogP contribution in [0.15, 0.2) is 0 Å². The van der Waals surface area contributed by atoms with Crippen LogP contribution in [0.1, 0.15) is 12.8 Å². The number of hydrogen-bond donors (Lipinski definition) is 0. The van der Waals surface area contributed by atoms with Crippen LogP contribution < -0.4 is 0 Å². The topological polar surface area (TPSA) is 0 Å². The van der Waals surface area contributed by atoms with Crippen LogP contribution in [-0.2, 0) is 0 Å². The van der Waals surface area contributed by atoms with E-state index in [1.54, 1.807) is 0 Å². The van der Waals surface area contributed by atoms with Crippen LogP contribution in [0, 0.1) is 24.7 Å². The van der Waals surface area contributed by atoms with Gasteiger partial charge in [0.05, 0.1) is 0 Å². The number of hydrogen-bond acceptors (Lipinski definition) is 0. The summed E-state index contributed by atoms with van der Waals surface area (Å²) in [6.07, 6.45) is 7.60. The summed E-state index contributed by atoms with van der Waals surface area (Å²) in [5, 5.41) is 0. The zero-order valence-electron chi connectivity index (χ0n) is 3.72. The molecule has 2 unspecified atom stereocenters. The van der Waals surface area contributed by atoms with Crippen molar-refractivity contribution >= 4 is 0 Å². The molecular weight excluding hydrogens is 72.1 g/mol. The molecule has 0 aromatic carbocycles. The summed E-state index contributed by atoms with van der Waals surface area (Å²) in [6, 6.07) is 0. The molecule has 0 amide bonds. The van der Waals surface area contributed by atoms with E-state index in [1.165, 1.54) is 12.8 Å². The molecule has 2 fully saturated rings. The van der Waals surface area contributed by atoms with Crippen molar-refractivity contribution in [3.8, 4) is 0 Å². The Morgan fingerprint density at radius 3 is 2.00 bits per heavy atom. The molecule has 32 valence electrons. The first-order chi connectivity index (χ1) is 2.97. The van der Waals surface area contributed by atoms with E-state index in [0.29, 0.717) is 0 Å². The summed E-state index contributed by atoms with van der Waals surface area (Å²) in [5.41, 5.74) is 0. The number of rotatable bonds is 0. The van der Waals surface area contributed by atoms with Gasteiger partial charge in [0.1, 0.15) is 0 Å². The minimum Gasteiger partial charge on any atom is -0.0468 e. The molecule has 6 heavy (non-hydrogen) atoms. The molecule has 0 heteroatoms. The molecule has 0 bridgehead atoms. The van der Waals surface area contributed by atoms with Crippen LogP contribution in [0.4, 0.5) is 0 Å². The van der Waals surface area contributed by atoms with Crippen molar-refractivity contribution in [3.63, 3.8) is 0 Å². The third-order valence-electron chi connectivity index (χ3n) is 1.78. The lowest BCUT2D eigenvalue weighted by Gasteiger charge is -1.80. The molecule has 2 saturated carbocycles. The molecule has 0 N–H and O–H groups in total. The molecule has 2 radical (unpaired) electrons. The Kier molecular flexibility index (Phi) is 0.408. The summed E-state index contributed by atoms with van der Waals surface area (Å²) in [7, 11) is 0. The van der Waals surface area contributed by atoms with Crippen LogP contribution in [0.25, 0.3) is 0 Å². The van der Waals surface area contributed by atoms with Crippen molar-refractivity contribution in [2.75, 3.05) is 0 Å². The molecule has 0 aromatic heterocycles. The Labute approximate surface area is 38.6 Å². The molecular formula is C6H8. The minimum atomic E-state index is 1.03. The van der Waals surface area contributed by atoms with Crippen molar-refractivity contribution in [2.45, 2.75) is 12.8 Å². The largest absolute Gasteiger partial charge is 0.0468 e.